The largest absolute Gasteiger partial charge is 0.495 e. The number of aryl methyl sites for hydroxylation is 1. The molecule has 0 aliphatic rings. The molecule has 0 spiro atoms. The lowest BCUT2D eigenvalue weighted by atomic mass is 10.0. The molecule has 0 heterocycles. The first-order valence-electron chi connectivity index (χ1n) is 7.30. The van der Waals surface area contributed by atoms with Crippen molar-refractivity contribution in [1.29, 1.82) is 0 Å². The fraction of sp³-hybridized carbons (Fsp3) is 0.294. The summed E-state index contributed by atoms with van der Waals surface area (Å²) in [6.07, 6.45) is 0.645. The van der Waals surface area contributed by atoms with Crippen LogP contribution in [0.2, 0.25) is 5.02 Å². The average Bonchev–Trinajstić information content (AvgIpc) is 2.53. The highest BCUT2D eigenvalue weighted by atomic mass is 35.5. The molecule has 0 aromatic heterocycles. The molecular formula is C17H20ClNO3S. The van der Waals surface area contributed by atoms with Crippen molar-refractivity contribution in [2.24, 2.45) is 0 Å². The van der Waals surface area contributed by atoms with Gasteiger partial charge in [0.2, 0.25) is 10.0 Å². The normalized spacial score (nSPS) is 12.9. The molecule has 0 radical (unpaired) electrons. The van der Waals surface area contributed by atoms with Crippen molar-refractivity contribution in [3.63, 3.8) is 0 Å². The minimum Gasteiger partial charge on any atom is -0.495 e. The first-order valence-corrected chi connectivity index (χ1v) is 9.16. The second-order valence-corrected chi connectivity index (χ2v) is 7.41. The molecule has 1 atom stereocenters. The van der Waals surface area contributed by atoms with Crippen LogP contribution in [0, 0.1) is 6.92 Å². The summed E-state index contributed by atoms with van der Waals surface area (Å²) in [5.74, 6) is 0.441. The van der Waals surface area contributed by atoms with Gasteiger partial charge in [-0.05, 0) is 37.1 Å². The Morgan fingerprint density at radius 1 is 1.17 bits per heavy atom. The van der Waals surface area contributed by atoms with Gasteiger partial charge in [0.05, 0.1) is 17.0 Å². The lowest BCUT2D eigenvalue weighted by Crippen LogP contribution is -2.28. The molecule has 6 heteroatoms. The van der Waals surface area contributed by atoms with Gasteiger partial charge in [-0.1, -0.05) is 48.4 Å². The number of ether oxygens (including phenoxy) is 1. The lowest BCUT2D eigenvalue weighted by molar-refractivity contribution is 0.414. The molecule has 0 saturated heterocycles. The third-order valence-electron chi connectivity index (χ3n) is 3.62. The van der Waals surface area contributed by atoms with Gasteiger partial charge >= 0.3 is 0 Å². The Morgan fingerprint density at radius 3 is 2.35 bits per heavy atom. The molecule has 0 aliphatic carbocycles. The van der Waals surface area contributed by atoms with Crippen LogP contribution in [-0.2, 0) is 10.0 Å². The van der Waals surface area contributed by atoms with E-state index in [9.17, 15) is 8.42 Å². The monoisotopic (exact) mass is 353 g/mol. The Hall–Kier alpha value is -1.56. The Kier molecular flexibility index (Phi) is 5.68. The Labute approximate surface area is 142 Å². The third kappa shape index (κ3) is 4.25. The van der Waals surface area contributed by atoms with E-state index in [1.807, 2.05) is 38.1 Å². The van der Waals surface area contributed by atoms with Crippen molar-refractivity contribution in [2.45, 2.75) is 31.2 Å². The predicted molar refractivity (Wildman–Crippen MR) is 92.5 cm³/mol. The molecule has 124 valence electrons. The van der Waals surface area contributed by atoms with E-state index in [1.165, 1.54) is 19.2 Å². The predicted octanol–water partition coefficient (Wildman–Crippen LogP) is 4.09. The summed E-state index contributed by atoms with van der Waals surface area (Å²) in [5.41, 5.74) is 2.06. The van der Waals surface area contributed by atoms with Crippen LogP contribution in [0.15, 0.2) is 47.4 Å². The zero-order valence-corrected chi connectivity index (χ0v) is 14.9. The molecule has 2 aromatic carbocycles. The van der Waals surface area contributed by atoms with Crippen molar-refractivity contribution >= 4 is 21.6 Å². The number of benzene rings is 2. The van der Waals surface area contributed by atoms with E-state index in [0.29, 0.717) is 12.2 Å². The fourth-order valence-corrected chi connectivity index (χ4v) is 3.91. The molecule has 23 heavy (non-hydrogen) atoms. The second-order valence-electron chi connectivity index (χ2n) is 5.29. The highest BCUT2D eigenvalue weighted by Crippen LogP contribution is 2.28. The maximum Gasteiger partial charge on any atom is 0.241 e. The van der Waals surface area contributed by atoms with Crippen molar-refractivity contribution in [1.82, 2.24) is 4.72 Å². The van der Waals surface area contributed by atoms with Crippen molar-refractivity contribution in [3.8, 4) is 5.75 Å². The number of hydrogen-bond acceptors (Lipinski definition) is 3. The first kappa shape index (κ1) is 17.8. The van der Waals surface area contributed by atoms with Crippen molar-refractivity contribution < 1.29 is 13.2 Å². The summed E-state index contributed by atoms with van der Waals surface area (Å²) < 4.78 is 32.9. The smallest absolute Gasteiger partial charge is 0.241 e. The summed E-state index contributed by atoms with van der Waals surface area (Å²) >= 11 is 6.02. The average molecular weight is 354 g/mol. The maximum atomic E-state index is 12.6. The van der Waals surface area contributed by atoms with Crippen molar-refractivity contribution in [2.75, 3.05) is 7.11 Å². The summed E-state index contributed by atoms with van der Waals surface area (Å²) in [5, 5.41) is 0.263. The van der Waals surface area contributed by atoms with Gasteiger partial charge in [0, 0.05) is 6.04 Å². The lowest BCUT2D eigenvalue weighted by Gasteiger charge is -2.18. The molecule has 2 rings (SSSR count). The zero-order valence-electron chi connectivity index (χ0n) is 13.3. The van der Waals surface area contributed by atoms with Gasteiger partial charge in [0.25, 0.3) is 0 Å². The van der Waals surface area contributed by atoms with Crippen LogP contribution in [0.25, 0.3) is 0 Å². The fourth-order valence-electron chi connectivity index (χ4n) is 2.26. The van der Waals surface area contributed by atoms with Crippen LogP contribution >= 0.6 is 11.6 Å². The molecule has 4 nitrogen and oxygen atoms in total. The number of rotatable bonds is 6. The van der Waals surface area contributed by atoms with Crippen LogP contribution in [-0.4, -0.2) is 15.5 Å². The first-order chi connectivity index (χ1) is 10.9. The van der Waals surface area contributed by atoms with Gasteiger partial charge in [0.1, 0.15) is 5.75 Å². The highest BCUT2D eigenvalue weighted by Gasteiger charge is 2.21. The zero-order chi connectivity index (χ0) is 17.0. The Balaban J connectivity index is 2.28. The summed E-state index contributed by atoms with van der Waals surface area (Å²) in [6, 6.07) is 11.9. The van der Waals surface area contributed by atoms with Gasteiger partial charge in [-0.15, -0.1) is 0 Å². The Bertz CT molecular complexity index is 773. The Morgan fingerprint density at radius 2 is 1.83 bits per heavy atom. The van der Waals surface area contributed by atoms with Crippen molar-refractivity contribution in [3.05, 3.63) is 58.6 Å². The molecule has 0 saturated carbocycles. The van der Waals surface area contributed by atoms with E-state index in [1.54, 1.807) is 6.07 Å². The number of halogens is 1. The van der Waals surface area contributed by atoms with Gasteiger partial charge < -0.3 is 4.74 Å². The summed E-state index contributed by atoms with van der Waals surface area (Å²) in [7, 11) is -2.18. The SMILES string of the molecule is CC[C@@H](NS(=O)(=O)c1ccc(OC)c(Cl)c1)c1ccc(C)cc1. The van der Waals surface area contributed by atoms with E-state index in [0.717, 1.165) is 11.1 Å². The van der Waals surface area contributed by atoms with Crippen LogP contribution < -0.4 is 9.46 Å². The summed E-state index contributed by atoms with van der Waals surface area (Å²) in [4.78, 5) is 0.119. The molecule has 2 aromatic rings. The minimum atomic E-state index is -3.67. The van der Waals surface area contributed by atoms with Crippen LogP contribution in [0.4, 0.5) is 0 Å². The van der Waals surface area contributed by atoms with Crippen LogP contribution in [0.1, 0.15) is 30.5 Å². The molecule has 1 N–H and O–H groups in total. The molecule has 0 amide bonds. The second kappa shape index (κ2) is 7.34. The van der Waals surface area contributed by atoms with E-state index in [2.05, 4.69) is 4.72 Å². The van der Waals surface area contributed by atoms with E-state index in [4.69, 9.17) is 16.3 Å². The highest BCUT2D eigenvalue weighted by molar-refractivity contribution is 7.89. The topological polar surface area (TPSA) is 55.4 Å². The molecule has 0 bridgehead atoms. The molecule has 0 fully saturated rings. The van der Waals surface area contributed by atoms with Gasteiger partial charge in [0.15, 0.2) is 0 Å². The number of hydrogen-bond donors (Lipinski definition) is 1. The molecule has 0 unspecified atom stereocenters. The molecule has 0 aliphatic heterocycles. The van der Waals surface area contributed by atoms with Gasteiger partial charge in [-0.25, -0.2) is 13.1 Å². The number of nitrogens with one attached hydrogen (secondary N) is 1. The maximum absolute atomic E-state index is 12.6. The van der Waals surface area contributed by atoms with E-state index < -0.39 is 10.0 Å². The number of methoxy groups -OCH3 is 1. The quantitative estimate of drug-likeness (QED) is 0.851. The minimum absolute atomic E-state index is 0.119. The van der Waals surface area contributed by atoms with Crippen LogP contribution in [0.5, 0.6) is 5.75 Å². The summed E-state index contributed by atoms with van der Waals surface area (Å²) in [6.45, 7) is 3.93. The number of sulfonamides is 1. The standard InChI is InChI=1S/C17H20ClNO3S/c1-4-16(13-7-5-12(2)6-8-13)19-23(20,21)14-9-10-17(22-3)15(18)11-14/h5-11,16,19H,4H2,1-3H3/t16-/m1/s1. The van der Waals surface area contributed by atoms with Gasteiger partial charge in [-0.2, -0.15) is 0 Å². The van der Waals surface area contributed by atoms with Gasteiger partial charge in [-0.3, -0.25) is 0 Å². The van der Waals surface area contributed by atoms with Crippen LogP contribution in [0.3, 0.4) is 0 Å². The van der Waals surface area contributed by atoms with E-state index in [-0.39, 0.29) is 16.0 Å². The third-order valence-corrected chi connectivity index (χ3v) is 5.38. The van der Waals surface area contributed by atoms with E-state index >= 15 is 0 Å². The molecular weight excluding hydrogens is 334 g/mol.